The monoisotopic (exact) mass is 308 g/mol. The number of rotatable bonds is 12. The maximum Gasteiger partial charge on any atom is 0.126 e. The first kappa shape index (κ1) is 19.4. The highest BCUT2D eigenvalue weighted by Crippen LogP contribution is 2.40. The smallest absolute Gasteiger partial charge is 0.126 e. The second-order valence-corrected chi connectivity index (χ2v) is 7.57. The van der Waals surface area contributed by atoms with Crippen molar-refractivity contribution >= 4 is 6.29 Å². The van der Waals surface area contributed by atoms with E-state index in [0.29, 0.717) is 12.0 Å². The molecule has 0 aromatic heterocycles. The van der Waals surface area contributed by atoms with Crippen LogP contribution in [0.2, 0.25) is 0 Å². The van der Waals surface area contributed by atoms with Crippen molar-refractivity contribution in [3.63, 3.8) is 0 Å². The number of hydrogen-bond acceptors (Lipinski definition) is 2. The van der Waals surface area contributed by atoms with E-state index in [2.05, 4.69) is 19.9 Å². The summed E-state index contributed by atoms with van der Waals surface area (Å²) >= 11 is 0. The number of allylic oxidation sites excluding steroid dienone is 2. The maximum atomic E-state index is 11.0. The molecule has 0 spiro atoms. The number of carbonyl (C=O) groups excluding carboxylic acids is 1. The molecular weight excluding hydrogens is 272 g/mol. The van der Waals surface area contributed by atoms with E-state index in [-0.39, 0.29) is 5.92 Å². The second-order valence-electron chi connectivity index (χ2n) is 7.57. The predicted octanol–water partition coefficient (Wildman–Crippen LogP) is 5.44. The van der Waals surface area contributed by atoms with Crippen LogP contribution in [0.15, 0.2) is 11.6 Å². The van der Waals surface area contributed by atoms with Gasteiger partial charge in [-0.3, -0.25) is 0 Å². The number of carbonyl (C=O) groups is 1. The van der Waals surface area contributed by atoms with Gasteiger partial charge in [0.05, 0.1) is 0 Å². The summed E-state index contributed by atoms with van der Waals surface area (Å²) in [6, 6.07) is 0. The Bertz CT molecular complexity index is 331. The van der Waals surface area contributed by atoms with E-state index in [1.807, 2.05) is 0 Å². The normalized spacial score (nSPS) is 20.7. The minimum atomic E-state index is 0.168. The van der Waals surface area contributed by atoms with Gasteiger partial charge in [-0.05, 0) is 37.5 Å². The molecule has 128 valence electrons. The van der Waals surface area contributed by atoms with E-state index in [9.17, 15) is 4.79 Å². The Kier molecular flexibility index (Phi) is 9.70. The molecule has 2 heteroatoms. The molecule has 0 aromatic rings. The number of hydrogen-bond donors (Lipinski definition) is 1. The first-order valence-electron chi connectivity index (χ1n) is 9.37. The number of aldehydes is 1. The van der Waals surface area contributed by atoms with Gasteiger partial charge in [0.2, 0.25) is 0 Å². The lowest BCUT2D eigenvalue weighted by molar-refractivity contribution is -0.110. The van der Waals surface area contributed by atoms with Crippen LogP contribution < -0.4 is 0 Å². The molecule has 1 aliphatic carbocycles. The molecule has 0 fully saturated rings. The summed E-state index contributed by atoms with van der Waals surface area (Å²) in [6.07, 6.45) is 18.1. The number of aliphatic hydroxyl groups is 1. The summed E-state index contributed by atoms with van der Waals surface area (Å²) in [5.41, 5.74) is 1.81. The summed E-state index contributed by atoms with van der Waals surface area (Å²) in [5, 5.41) is 8.72. The molecule has 0 radical (unpaired) electrons. The zero-order chi connectivity index (χ0) is 16.3. The van der Waals surface area contributed by atoms with E-state index >= 15 is 0 Å². The van der Waals surface area contributed by atoms with Gasteiger partial charge in [-0.1, -0.05) is 70.4 Å². The molecular formula is C20H36O2. The van der Waals surface area contributed by atoms with Gasteiger partial charge in [0.1, 0.15) is 6.29 Å². The lowest BCUT2D eigenvalue weighted by Crippen LogP contribution is -2.22. The van der Waals surface area contributed by atoms with Crippen molar-refractivity contribution in [3.8, 4) is 0 Å². The molecule has 0 bridgehead atoms. The summed E-state index contributed by atoms with van der Waals surface area (Å²) in [4.78, 5) is 11.0. The third kappa shape index (κ3) is 7.58. The Labute approximate surface area is 137 Å². The fourth-order valence-corrected chi connectivity index (χ4v) is 3.45. The van der Waals surface area contributed by atoms with Gasteiger partial charge in [0.25, 0.3) is 0 Å². The minimum absolute atomic E-state index is 0.168. The van der Waals surface area contributed by atoms with E-state index in [1.54, 1.807) is 0 Å². The molecule has 1 rings (SSSR count). The fourth-order valence-electron chi connectivity index (χ4n) is 3.45. The quantitative estimate of drug-likeness (QED) is 0.296. The van der Waals surface area contributed by atoms with E-state index in [1.165, 1.54) is 63.4 Å². The first-order valence-corrected chi connectivity index (χ1v) is 9.37. The molecule has 0 aliphatic heterocycles. The van der Waals surface area contributed by atoms with Gasteiger partial charge in [0, 0.05) is 12.5 Å². The van der Waals surface area contributed by atoms with Crippen LogP contribution in [0.4, 0.5) is 0 Å². The highest BCUT2D eigenvalue weighted by Gasteiger charge is 2.28. The van der Waals surface area contributed by atoms with Gasteiger partial charge in [-0.25, -0.2) is 0 Å². The van der Waals surface area contributed by atoms with Crippen LogP contribution in [0.25, 0.3) is 0 Å². The van der Waals surface area contributed by atoms with Gasteiger partial charge >= 0.3 is 0 Å². The zero-order valence-corrected chi connectivity index (χ0v) is 14.8. The van der Waals surface area contributed by atoms with Crippen molar-refractivity contribution in [2.75, 3.05) is 6.61 Å². The van der Waals surface area contributed by atoms with E-state index in [0.717, 1.165) is 25.5 Å². The highest BCUT2D eigenvalue weighted by atomic mass is 16.2. The number of aliphatic hydroxyl groups excluding tert-OH is 1. The van der Waals surface area contributed by atoms with Gasteiger partial charge in [0.15, 0.2) is 0 Å². The number of unbranched alkanes of at least 4 members (excludes halogenated alkanes) is 8. The van der Waals surface area contributed by atoms with Gasteiger partial charge in [-0.15, -0.1) is 0 Å². The summed E-state index contributed by atoms with van der Waals surface area (Å²) in [5.74, 6) is 0.168. The van der Waals surface area contributed by atoms with Crippen LogP contribution in [-0.4, -0.2) is 18.0 Å². The summed E-state index contributed by atoms with van der Waals surface area (Å²) in [7, 11) is 0. The minimum Gasteiger partial charge on any atom is -0.396 e. The van der Waals surface area contributed by atoms with Crippen LogP contribution in [0, 0.1) is 11.3 Å². The Hall–Kier alpha value is -0.630. The Morgan fingerprint density at radius 3 is 2.14 bits per heavy atom. The molecule has 1 atom stereocenters. The molecule has 0 saturated carbocycles. The molecule has 0 aromatic carbocycles. The van der Waals surface area contributed by atoms with Crippen molar-refractivity contribution < 1.29 is 9.90 Å². The van der Waals surface area contributed by atoms with Crippen molar-refractivity contribution in [1.29, 1.82) is 0 Å². The topological polar surface area (TPSA) is 37.3 Å². The molecule has 0 saturated heterocycles. The molecule has 0 heterocycles. The average molecular weight is 309 g/mol. The van der Waals surface area contributed by atoms with Gasteiger partial charge in [-0.2, -0.15) is 0 Å². The lowest BCUT2D eigenvalue weighted by atomic mass is 9.71. The molecule has 1 unspecified atom stereocenters. The second kappa shape index (κ2) is 11.0. The molecule has 22 heavy (non-hydrogen) atoms. The first-order chi connectivity index (χ1) is 10.6. The van der Waals surface area contributed by atoms with Crippen molar-refractivity contribution in [2.45, 2.75) is 90.9 Å². The summed E-state index contributed by atoms with van der Waals surface area (Å²) in [6.45, 7) is 5.00. The van der Waals surface area contributed by atoms with Crippen molar-refractivity contribution in [1.82, 2.24) is 0 Å². The highest BCUT2D eigenvalue weighted by molar-refractivity contribution is 5.57. The predicted molar refractivity (Wildman–Crippen MR) is 93.9 cm³/mol. The lowest BCUT2D eigenvalue weighted by Gasteiger charge is -2.34. The fraction of sp³-hybridized carbons (Fsp3) is 0.850. The molecule has 0 amide bonds. The van der Waals surface area contributed by atoms with Crippen LogP contribution in [0.5, 0.6) is 0 Å². The van der Waals surface area contributed by atoms with Crippen LogP contribution in [-0.2, 0) is 4.79 Å². The molecule has 2 nitrogen and oxygen atoms in total. The zero-order valence-electron chi connectivity index (χ0n) is 14.8. The Morgan fingerprint density at radius 2 is 1.59 bits per heavy atom. The average Bonchev–Trinajstić information content (AvgIpc) is 2.50. The van der Waals surface area contributed by atoms with Crippen LogP contribution in [0.1, 0.15) is 90.9 Å². The van der Waals surface area contributed by atoms with Crippen LogP contribution >= 0.6 is 0 Å². The third-order valence-corrected chi connectivity index (χ3v) is 5.17. The Balaban J connectivity index is 2.08. The van der Waals surface area contributed by atoms with Crippen LogP contribution in [0.3, 0.4) is 0 Å². The third-order valence-electron chi connectivity index (χ3n) is 5.17. The SMILES string of the molecule is CC1(C)CCC(C=O)C=C1CCCCCCCCCCCO. The maximum absolute atomic E-state index is 11.0. The van der Waals surface area contributed by atoms with E-state index < -0.39 is 0 Å². The molecule has 1 aliphatic rings. The van der Waals surface area contributed by atoms with Crippen molar-refractivity contribution in [3.05, 3.63) is 11.6 Å². The van der Waals surface area contributed by atoms with Gasteiger partial charge < -0.3 is 9.90 Å². The Morgan fingerprint density at radius 1 is 1.05 bits per heavy atom. The molecule has 1 N–H and O–H groups in total. The summed E-state index contributed by atoms with van der Waals surface area (Å²) < 4.78 is 0. The van der Waals surface area contributed by atoms with E-state index in [4.69, 9.17) is 5.11 Å². The standard InChI is InChI=1S/C20H36O2/c1-20(2)14-13-18(17-22)16-19(20)12-10-8-6-4-3-5-7-9-11-15-21/h16-18,21H,3-15H2,1-2H3. The van der Waals surface area contributed by atoms with Crippen molar-refractivity contribution in [2.24, 2.45) is 11.3 Å². The largest absolute Gasteiger partial charge is 0.396 e.